The molecule has 1 heterocycles. The molecular weight excluding hydrogens is 248 g/mol. The molecule has 0 spiro atoms. The fraction of sp³-hybridized carbons (Fsp3) is 0.333. The summed E-state index contributed by atoms with van der Waals surface area (Å²) in [6.07, 6.45) is 0. The quantitative estimate of drug-likeness (QED) is 0.531. The summed E-state index contributed by atoms with van der Waals surface area (Å²) >= 11 is 0. The highest BCUT2D eigenvalue weighted by Crippen LogP contribution is 2.12. The molecule has 1 aliphatic heterocycles. The second-order valence-corrected chi connectivity index (χ2v) is 4.06. The summed E-state index contributed by atoms with van der Waals surface area (Å²) in [5, 5.41) is 10.7. The Morgan fingerprint density at radius 1 is 1.32 bits per heavy atom. The summed E-state index contributed by atoms with van der Waals surface area (Å²) in [4.78, 5) is 14.9. The van der Waals surface area contributed by atoms with Crippen LogP contribution < -0.4 is 11.2 Å². The van der Waals surface area contributed by atoms with Gasteiger partial charge < -0.3 is 15.6 Å². The van der Waals surface area contributed by atoms with Gasteiger partial charge >= 0.3 is 5.97 Å². The van der Waals surface area contributed by atoms with Gasteiger partial charge in [-0.3, -0.25) is 5.43 Å². The summed E-state index contributed by atoms with van der Waals surface area (Å²) < 4.78 is 5.22. The first-order valence-electron chi connectivity index (χ1n) is 5.92. The molecule has 0 saturated carbocycles. The van der Waals surface area contributed by atoms with Crippen LogP contribution in [0.1, 0.15) is 10.4 Å². The predicted octanol–water partition coefficient (Wildman–Crippen LogP) is 0.168. The third-order valence-electron chi connectivity index (χ3n) is 2.65. The van der Waals surface area contributed by atoms with E-state index in [0.717, 1.165) is 13.1 Å². The normalized spacial score (nSPS) is 17.2. The number of benzene rings is 1. The number of aliphatic imine (C=N–C) groups is 1. The van der Waals surface area contributed by atoms with E-state index in [2.05, 4.69) is 10.4 Å². The molecule has 0 unspecified atom stereocenters. The molecule has 0 aliphatic carbocycles. The van der Waals surface area contributed by atoms with E-state index < -0.39 is 5.97 Å². The van der Waals surface area contributed by atoms with Crippen molar-refractivity contribution in [2.24, 2.45) is 10.7 Å². The summed E-state index contributed by atoms with van der Waals surface area (Å²) in [6.45, 7) is 2.81. The first kappa shape index (κ1) is 13.3. The van der Waals surface area contributed by atoms with Crippen molar-refractivity contribution in [3.8, 4) is 0 Å². The number of aromatic carboxylic acids is 1. The Balaban J connectivity index is 1.97. The molecular formula is C12H16N4O3. The van der Waals surface area contributed by atoms with E-state index in [4.69, 9.17) is 15.6 Å². The summed E-state index contributed by atoms with van der Waals surface area (Å²) in [5.74, 6) is -0.695. The maximum absolute atomic E-state index is 10.7. The molecule has 19 heavy (non-hydrogen) atoms. The third kappa shape index (κ3) is 3.94. The monoisotopic (exact) mass is 264 g/mol. The molecule has 0 bridgehead atoms. The Morgan fingerprint density at radius 3 is 2.53 bits per heavy atom. The molecule has 102 valence electrons. The van der Waals surface area contributed by atoms with Gasteiger partial charge in [0.05, 0.1) is 24.5 Å². The lowest BCUT2D eigenvalue weighted by Gasteiger charge is -2.27. The van der Waals surface area contributed by atoms with Gasteiger partial charge in [0, 0.05) is 13.1 Å². The second kappa shape index (κ2) is 6.17. The Morgan fingerprint density at radius 2 is 1.95 bits per heavy atom. The number of carboxylic acids is 1. The van der Waals surface area contributed by atoms with Crippen molar-refractivity contribution in [3.63, 3.8) is 0 Å². The van der Waals surface area contributed by atoms with Gasteiger partial charge in [-0.15, -0.1) is 0 Å². The molecule has 4 N–H and O–H groups in total. The van der Waals surface area contributed by atoms with Crippen molar-refractivity contribution >= 4 is 17.6 Å². The highest BCUT2D eigenvalue weighted by molar-refractivity contribution is 5.88. The van der Waals surface area contributed by atoms with Gasteiger partial charge in [-0.25, -0.2) is 14.8 Å². The summed E-state index contributed by atoms with van der Waals surface area (Å²) in [5.41, 5.74) is 9.57. The first-order chi connectivity index (χ1) is 9.15. The minimum atomic E-state index is -0.963. The molecule has 1 fully saturated rings. The first-order valence-corrected chi connectivity index (χ1v) is 5.92. The maximum atomic E-state index is 10.7. The van der Waals surface area contributed by atoms with Gasteiger partial charge in [-0.05, 0) is 24.3 Å². The van der Waals surface area contributed by atoms with Gasteiger partial charge in [0.15, 0.2) is 0 Å². The number of nitrogens with two attached hydrogens (primary N) is 1. The van der Waals surface area contributed by atoms with Gasteiger partial charge in [0.2, 0.25) is 5.96 Å². The van der Waals surface area contributed by atoms with Gasteiger partial charge in [0.25, 0.3) is 0 Å². The van der Waals surface area contributed by atoms with Crippen molar-refractivity contribution in [3.05, 3.63) is 29.8 Å². The van der Waals surface area contributed by atoms with E-state index in [1.165, 1.54) is 12.1 Å². The van der Waals surface area contributed by atoms with Crippen LogP contribution in [0.2, 0.25) is 0 Å². The van der Waals surface area contributed by atoms with E-state index in [1.807, 2.05) is 5.01 Å². The van der Waals surface area contributed by atoms with Crippen LogP contribution in [0.4, 0.5) is 5.69 Å². The van der Waals surface area contributed by atoms with Crippen LogP contribution >= 0.6 is 0 Å². The van der Waals surface area contributed by atoms with Crippen LogP contribution in [0.3, 0.4) is 0 Å². The zero-order chi connectivity index (χ0) is 13.7. The van der Waals surface area contributed by atoms with E-state index >= 15 is 0 Å². The molecule has 1 aliphatic rings. The minimum absolute atomic E-state index is 0.221. The fourth-order valence-corrected chi connectivity index (χ4v) is 1.68. The number of morpholine rings is 1. The SMILES string of the molecule is NC(=Nc1ccc(C(=O)O)cc1)NN1CCOCC1. The zero-order valence-corrected chi connectivity index (χ0v) is 10.4. The van der Waals surface area contributed by atoms with Gasteiger partial charge in [-0.1, -0.05) is 0 Å². The number of carboxylic acid groups (broad SMARTS) is 1. The summed E-state index contributed by atoms with van der Waals surface area (Å²) in [6, 6.07) is 6.20. The molecule has 0 aromatic heterocycles. The van der Waals surface area contributed by atoms with Crippen molar-refractivity contribution in [1.82, 2.24) is 10.4 Å². The third-order valence-corrected chi connectivity index (χ3v) is 2.65. The highest BCUT2D eigenvalue weighted by Gasteiger charge is 2.10. The molecule has 7 nitrogen and oxygen atoms in total. The van der Waals surface area contributed by atoms with Crippen molar-refractivity contribution in [2.45, 2.75) is 0 Å². The number of hydrogen-bond donors (Lipinski definition) is 3. The Bertz CT molecular complexity index is 466. The van der Waals surface area contributed by atoms with Crippen molar-refractivity contribution in [1.29, 1.82) is 0 Å². The lowest BCUT2D eigenvalue weighted by Crippen LogP contribution is -2.50. The van der Waals surface area contributed by atoms with Gasteiger partial charge in [-0.2, -0.15) is 0 Å². The minimum Gasteiger partial charge on any atom is -0.478 e. The van der Waals surface area contributed by atoms with E-state index in [0.29, 0.717) is 18.9 Å². The molecule has 0 atom stereocenters. The van der Waals surface area contributed by atoms with E-state index in [9.17, 15) is 4.79 Å². The number of ether oxygens (including phenoxy) is 1. The number of carbonyl (C=O) groups is 1. The van der Waals surface area contributed by atoms with E-state index in [-0.39, 0.29) is 11.5 Å². The second-order valence-electron chi connectivity index (χ2n) is 4.06. The Labute approximate surface area is 110 Å². The number of nitrogens with zero attached hydrogens (tertiary/aromatic N) is 2. The van der Waals surface area contributed by atoms with Gasteiger partial charge in [0.1, 0.15) is 0 Å². The van der Waals surface area contributed by atoms with Crippen molar-refractivity contribution < 1.29 is 14.6 Å². The van der Waals surface area contributed by atoms with Crippen LogP contribution in [0.15, 0.2) is 29.3 Å². The topological polar surface area (TPSA) is 100 Å². The smallest absolute Gasteiger partial charge is 0.335 e. The number of hydrazine groups is 1. The molecule has 7 heteroatoms. The van der Waals surface area contributed by atoms with Crippen LogP contribution in [-0.4, -0.2) is 48.3 Å². The molecule has 0 amide bonds. The lowest BCUT2D eigenvalue weighted by atomic mass is 10.2. The van der Waals surface area contributed by atoms with Crippen LogP contribution in [0.25, 0.3) is 0 Å². The van der Waals surface area contributed by atoms with Crippen molar-refractivity contribution in [2.75, 3.05) is 26.3 Å². The fourth-order valence-electron chi connectivity index (χ4n) is 1.68. The molecule has 2 rings (SSSR count). The average Bonchev–Trinajstić information content (AvgIpc) is 2.40. The largest absolute Gasteiger partial charge is 0.478 e. The van der Waals surface area contributed by atoms with Crippen LogP contribution in [0.5, 0.6) is 0 Å². The Hall–Kier alpha value is -2.12. The Kier molecular flexibility index (Phi) is 4.32. The van der Waals surface area contributed by atoms with Crippen LogP contribution in [-0.2, 0) is 4.74 Å². The molecule has 1 aromatic carbocycles. The standard InChI is InChI=1S/C12H16N4O3/c13-12(15-16-5-7-19-8-6-16)14-10-3-1-9(2-4-10)11(17)18/h1-4H,5-8H2,(H,17,18)(H3,13,14,15). The number of guanidine groups is 1. The summed E-state index contributed by atoms with van der Waals surface area (Å²) in [7, 11) is 0. The molecule has 1 saturated heterocycles. The number of nitrogens with one attached hydrogen (secondary N) is 1. The highest BCUT2D eigenvalue weighted by atomic mass is 16.5. The maximum Gasteiger partial charge on any atom is 0.335 e. The average molecular weight is 264 g/mol. The number of rotatable bonds is 3. The predicted molar refractivity (Wildman–Crippen MR) is 70.2 cm³/mol. The van der Waals surface area contributed by atoms with E-state index in [1.54, 1.807) is 12.1 Å². The molecule has 0 radical (unpaired) electrons. The lowest BCUT2D eigenvalue weighted by molar-refractivity contribution is 0.0246. The molecule has 1 aromatic rings. The van der Waals surface area contributed by atoms with Crippen LogP contribution in [0, 0.1) is 0 Å². The zero-order valence-electron chi connectivity index (χ0n) is 10.4. The number of hydrogen-bond acceptors (Lipinski definition) is 4.